The van der Waals surface area contributed by atoms with Gasteiger partial charge in [0, 0.05) is 29.1 Å². The minimum atomic E-state index is -0.651. The molecule has 1 fully saturated rings. The van der Waals surface area contributed by atoms with E-state index in [-0.39, 0.29) is 11.6 Å². The number of nitrogens with zero attached hydrogens (tertiary/aromatic N) is 2. The van der Waals surface area contributed by atoms with Gasteiger partial charge in [-0.2, -0.15) is 0 Å². The van der Waals surface area contributed by atoms with Gasteiger partial charge in [0.1, 0.15) is 5.65 Å². The highest BCUT2D eigenvalue weighted by Gasteiger charge is 2.48. The summed E-state index contributed by atoms with van der Waals surface area (Å²) in [4.78, 5) is 29.0. The molecule has 0 aliphatic carbocycles. The molecular weight excluding hydrogens is 436 g/mol. The normalized spacial score (nSPS) is 16.8. The van der Waals surface area contributed by atoms with E-state index >= 15 is 0 Å². The van der Waals surface area contributed by atoms with Gasteiger partial charge >= 0.3 is 0 Å². The highest BCUT2D eigenvalue weighted by Crippen LogP contribution is 2.33. The number of hydrogen-bond donors (Lipinski definition) is 0. The number of ether oxygens (including phenoxy) is 1. The van der Waals surface area contributed by atoms with Crippen molar-refractivity contribution in [2.24, 2.45) is 0 Å². The summed E-state index contributed by atoms with van der Waals surface area (Å²) in [5, 5.41) is 0. The molecule has 0 N–H and O–H groups in total. The summed E-state index contributed by atoms with van der Waals surface area (Å²) in [6.45, 7) is 1.45. The minimum absolute atomic E-state index is 0.114. The van der Waals surface area contributed by atoms with Gasteiger partial charge in [-0.15, -0.1) is 0 Å². The Labute approximate surface area is 202 Å². The number of aromatic nitrogens is 2. The number of carbonyl (C=O) groups excluding carboxylic acids is 2. The van der Waals surface area contributed by atoms with E-state index in [1.807, 2.05) is 54.7 Å². The third kappa shape index (κ3) is 3.96. The second-order valence-corrected chi connectivity index (χ2v) is 8.76. The lowest BCUT2D eigenvalue weighted by Gasteiger charge is -2.09. The van der Waals surface area contributed by atoms with Crippen LogP contribution in [0.3, 0.4) is 0 Å². The average molecular weight is 459 g/mol. The molecule has 3 heterocycles. The molecule has 0 spiro atoms. The maximum atomic E-state index is 12.6. The molecule has 1 aliphatic rings. The molecule has 1 aliphatic heterocycles. The third-order valence-corrected chi connectivity index (χ3v) is 6.36. The van der Waals surface area contributed by atoms with Crippen LogP contribution in [-0.4, -0.2) is 33.2 Å². The third-order valence-electron chi connectivity index (χ3n) is 6.36. The van der Waals surface area contributed by atoms with Crippen molar-refractivity contribution >= 4 is 17.2 Å². The van der Waals surface area contributed by atoms with Gasteiger partial charge in [0.05, 0.1) is 5.69 Å². The number of carbonyl (C=O) groups is 2. The second kappa shape index (κ2) is 8.46. The number of imidazole rings is 1. The van der Waals surface area contributed by atoms with Crippen molar-refractivity contribution in [2.75, 3.05) is 0 Å². The summed E-state index contributed by atoms with van der Waals surface area (Å²) in [7, 11) is 0. The Hall–Kier alpha value is -4.35. The van der Waals surface area contributed by atoms with E-state index in [1.54, 1.807) is 12.1 Å². The molecule has 6 rings (SSSR count). The second-order valence-electron chi connectivity index (χ2n) is 8.76. The Morgan fingerprint density at radius 1 is 0.743 bits per heavy atom. The first-order valence-electron chi connectivity index (χ1n) is 11.5. The molecule has 2 aromatic heterocycles. The van der Waals surface area contributed by atoms with Crippen LogP contribution < -0.4 is 0 Å². The van der Waals surface area contributed by atoms with E-state index in [0.29, 0.717) is 5.56 Å². The van der Waals surface area contributed by atoms with Crippen LogP contribution in [0.4, 0.5) is 0 Å². The first-order chi connectivity index (χ1) is 17.1. The first-order valence-corrected chi connectivity index (χ1v) is 11.5. The van der Waals surface area contributed by atoms with E-state index in [9.17, 15) is 9.59 Å². The Bertz CT molecular complexity index is 1550. The van der Waals surface area contributed by atoms with Crippen molar-refractivity contribution in [3.63, 3.8) is 0 Å². The lowest BCUT2D eigenvalue weighted by Crippen LogP contribution is -2.14. The molecule has 2 atom stereocenters. The number of hydrogen-bond acceptors (Lipinski definition) is 4. The summed E-state index contributed by atoms with van der Waals surface area (Å²) in [6, 6.07) is 29.9. The Morgan fingerprint density at radius 3 is 2.03 bits per heavy atom. The van der Waals surface area contributed by atoms with Crippen LogP contribution in [0.1, 0.15) is 17.3 Å². The first kappa shape index (κ1) is 21.2. The fourth-order valence-corrected chi connectivity index (χ4v) is 4.45. The summed E-state index contributed by atoms with van der Waals surface area (Å²) >= 11 is 0. The smallest absolute Gasteiger partial charge is 0.194 e. The van der Waals surface area contributed by atoms with E-state index in [1.165, 1.54) is 6.92 Å². The molecule has 5 heteroatoms. The van der Waals surface area contributed by atoms with Gasteiger partial charge in [0.2, 0.25) is 0 Å². The Morgan fingerprint density at radius 2 is 1.40 bits per heavy atom. The summed E-state index contributed by atoms with van der Waals surface area (Å²) < 4.78 is 7.32. The Kier molecular flexibility index (Phi) is 5.12. The summed E-state index contributed by atoms with van der Waals surface area (Å²) in [6.07, 6.45) is 2.86. The monoisotopic (exact) mass is 458 g/mol. The van der Waals surface area contributed by atoms with E-state index in [4.69, 9.17) is 9.72 Å². The molecule has 5 aromatic rings. The molecule has 0 saturated carbocycles. The number of ketones is 2. The van der Waals surface area contributed by atoms with Gasteiger partial charge in [-0.25, -0.2) is 4.98 Å². The summed E-state index contributed by atoms with van der Waals surface area (Å²) in [5.41, 5.74) is 7.49. The average Bonchev–Trinajstić information content (AvgIpc) is 3.60. The van der Waals surface area contributed by atoms with Gasteiger partial charge < -0.3 is 9.14 Å². The SMILES string of the molecule is CC(=O)C1OC1C(=O)c1ccc(-c2cc(-c3ccccc3)c3nc(-c4ccccc4)cn3c2)cc1. The quantitative estimate of drug-likeness (QED) is 0.236. The van der Waals surface area contributed by atoms with Crippen molar-refractivity contribution < 1.29 is 14.3 Å². The zero-order chi connectivity index (χ0) is 23.9. The molecule has 170 valence electrons. The van der Waals surface area contributed by atoms with E-state index in [0.717, 1.165) is 39.2 Å². The highest BCUT2D eigenvalue weighted by atomic mass is 16.6. The van der Waals surface area contributed by atoms with Crippen LogP contribution in [0.25, 0.3) is 39.2 Å². The largest absolute Gasteiger partial charge is 0.353 e. The fraction of sp³-hybridized carbons (Fsp3) is 0.100. The number of Topliss-reactive ketones (excluding diaryl/α,β-unsaturated/α-hetero) is 2. The van der Waals surface area contributed by atoms with Crippen molar-refractivity contribution in [3.8, 4) is 33.5 Å². The fourth-order valence-electron chi connectivity index (χ4n) is 4.45. The molecule has 5 nitrogen and oxygen atoms in total. The Balaban J connectivity index is 1.41. The van der Waals surface area contributed by atoms with Crippen molar-refractivity contribution in [1.29, 1.82) is 0 Å². The molecule has 0 bridgehead atoms. The van der Waals surface area contributed by atoms with E-state index in [2.05, 4.69) is 40.9 Å². The number of fused-ring (bicyclic) bond motifs is 1. The zero-order valence-corrected chi connectivity index (χ0v) is 19.1. The highest BCUT2D eigenvalue weighted by molar-refractivity contribution is 6.05. The van der Waals surface area contributed by atoms with Crippen LogP contribution in [0.2, 0.25) is 0 Å². The van der Waals surface area contributed by atoms with Gasteiger partial charge in [-0.3, -0.25) is 9.59 Å². The van der Waals surface area contributed by atoms with Crippen LogP contribution in [0, 0.1) is 0 Å². The maximum absolute atomic E-state index is 12.6. The maximum Gasteiger partial charge on any atom is 0.194 e. The number of epoxide rings is 1. The van der Waals surface area contributed by atoms with E-state index < -0.39 is 12.2 Å². The lowest BCUT2D eigenvalue weighted by molar-refractivity contribution is -0.118. The molecule has 0 radical (unpaired) electrons. The van der Waals surface area contributed by atoms with Crippen molar-refractivity contribution in [1.82, 2.24) is 9.38 Å². The predicted molar refractivity (Wildman–Crippen MR) is 135 cm³/mol. The predicted octanol–water partition coefficient (Wildman–Crippen LogP) is 5.87. The van der Waals surface area contributed by atoms with Crippen LogP contribution >= 0.6 is 0 Å². The number of rotatable bonds is 6. The molecule has 1 saturated heterocycles. The number of benzene rings is 3. The van der Waals surface area contributed by atoms with Gasteiger partial charge in [0.15, 0.2) is 23.8 Å². The minimum Gasteiger partial charge on any atom is -0.353 e. The molecule has 0 amide bonds. The van der Waals surface area contributed by atoms with Crippen molar-refractivity contribution in [2.45, 2.75) is 19.1 Å². The van der Waals surface area contributed by atoms with Crippen LogP contribution in [-0.2, 0) is 9.53 Å². The molecule has 35 heavy (non-hydrogen) atoms. The molecule has 2 unspecified atom stereocenters. The lowest BCUT2D eigenvalue weighted by atomic mass is 9.99. The van der Waals surface area contributed by atoms with Crippen LogP contribution in [0.15, 0.2) is 103 Å². The molecule has 3 aromatic carbocycles. The van der Waals surface area contributed by atoms with Gasteiger partial charge in [0.25, 0.3) is 0 Å². The van der Waals surface area contributed by atoms with Crippen molar-refractivity contribution in [3.05, 3.63) is 109 Å². The summed E-state index contributed by atoms with van der Waals surface area (Å²) in [5.74, 6) is -0.267. The topological polar surface area (TPSA) is 64.0 Å². The number of pyridine rings is 1. The standard InChI is InChI=1S/C30H22N2O3/c1-19(33)28-29(35-28)27(34)23-14-12-20(13-15-23)24-16-25(21-8-4-2-5-9-21)30-31-26(18-32(30)17-24)22-10-6-3-7-11-22/h2-18,28-29H,1H3. The molecular formula is C30H22N2O3. The zero-order valence-electron chi connectivity index (χ0n) is 19.1. The van der Waals surface area contributed by atoms with Crippen LogP contribution in [0.5, 0.6) is 0 Å². The van der Waals surface area contributed by atoms with Gasteiger partial charge in [-0.05, 0) is 29.7 Å². The van der Waals surface area contributed by atoms with Gasteiger partial charge in [-0.1, -0.05) is 84.9 Å².